The second-order valence-electron chi connectivity index (χ2n) is 4.61. The molecule has 1 aromatic carbocycles. The second-order valence-corrected chi connectivity index (χ2v) is 5.70. The Bertz CT molecular complexity index is 631. The number of halogens is 2. The van der Waals surface area contributed by atoms with Gasteiger partial charge in [0.25, 0.3) is 0 Å². The first kappa shape index (κ1) is 12.4. The Hall–Kier alpha value is -1.62. The lowest BCUT2D eigenvalue weighted by Gasteiger charge is -2.06. The first-order valence-electron chi connectivity index (χ1n) is 6.08. The van der Waals surface area contributed by atoms with Crippen LogP contribution >= 0.6 is 11.3 Å². The molecule has 0 fully saturated rings. The topological polar surface area (TPSA) is 30.0 Å². The van der Waals surface area contributed by atoms with Crippen LogP contribution in [0.5, 0.6) is 0 Å². The summed E-state index contributed by atoms with van der Waals surface area (Å²) < 4.78 is 26.2. The van der Waals surface area contributed by atoms with Crippen LogP contribution in [0.4, 0.5) is 8.78 Å². The lowest BCUT2D eigenvalue weighted by Crippen LogP contribution is -2.07. The van der Waals surface area contributed by atoms with E-state index in [1.807, 2.05) is 0 Å². The molecule has 0 atom stereocenters. The zero-order chi connectivity index (χ0) is 13.4. The van der Waals surface area contributed by atoms with Gasteiger partial charge in [0.05, 0.1) is 15.6 Å². The molecule has 1 aliphatic rings. The molecule has 1 heterocycles. The summed E-state index contributed by atoms with van der Waals surface area (Å²) in [5, 5.41) is 0.741. The van der Waals surface area contributed by atoms with Gasteiger partial charge in [-0.3, -0.25) is 4.79 Å². The Morgan fingerprint density at radius 1 is 1.16 bits per heavy atom. The van der Waals surface area contributed by atoms with Crippen molar-refractivity contribution in [1.29, 1.82) is 0 Å². The van der Waals surface area contributed by atoms with Crippen LogP contribution < -0.4 is 0 Å². The lowest BCUT2D eigenvalue weighted by atomic mass is 10.0. The molecule has 2 aromatic rings. The molecule has 0 amide bonds. The average Bonchev–Trinajstić information content (AvgIpc) is 2.71. The van der Waals surface area contributed by atoms with Crippen molar-refractivity contribution < 1.29 is 13.6 Å². The summed E-state index contributed by atoms with van der Waals surface area (Å²) in [5.41, 5.74) is 1.38. The van der Waals surface area contributed by atoms with Crippen LogP contribution in [0.25, 0.3) is 0 Å². The molecule has 0 unspecified atom stereocenters. The average molecular weight is 279 g/mol. The van der Waals surface area contributed by atoms with E-state index in [1.165, 1.54) is 23.5 Å². The van der Waals surface area contributed by atoms with Gasteiger partial charge in [0, 0.05) is 18.9 Å². The van der Waals surface area contributed by atoms with E-state index in [2.05, 4.69) is 4.98 Å². The first-order chi connectivity index (χ1) is 9.11. The number of nitrogens with zero attached hydrogens (tertiary/aromatic N) is 1. The number of aryl methyl sites for hydroxylation is 1. The van der Waals surface area contributed by atoms with E-state index in [0.717, 1.165) is 34.5 Å². The van der Waals surface area contributed by atoms with Gasteiger partial charge in [-0.25, -0.2) is 13.8 Å². The van der Waals surface area contributed by atoms with Crippen LogP contribution in [0.2, 0.25) is 0 Å². The fourth-order valence-corrected chi connectivity index (χ4v) is 3.39. The summed E-state index contributed by atoms with van der Waals surface area (Å²) in [5.74, 6) is -1.05. The highest BCUT2D eigenvalue weighted by Crippen LogP contribution is 2.28. The van der Waals surface area contributed by atoms with Crippen LogP contribution in [0.15, 0.2) is 18.2 Å². The van der Waals surface area contributed by atoms with Crippen molar-refractivity contribution >= 4 is 17.1 Å². The van der Waals surface area contributed by atoms with Gasteiger partial charge in [-0.05, 0) is 30.5 Å². The van der Waals surface area contributed by atoms with Gasteiger partial charge in [-0.1, -0.05) is 0 Å². The lowest BCUT2D eigenvalue weighted by molar-refractivity contribution is 0.0976. The quantitative estimate of drug-likeness (QED) is 0.841. The Balaban J connectivity index is 1.89. The van der Waals surface area contributed by atoms with Gasteiger partial charge in [0.2, 0.25) is 0 Å². The highest BCUT2D eigenvalue weighted by Gasteiger charge is 2.22. The van der Waals surface area contributed by atoms with Crippen molar-refractivity contribution in [3.63, 3.8) is 0 Å². The predicted octanol–water partition coefficient (Wildman–Crippen LogP) is 3.53. The number of aromatic nitrogens is 1. The van der Waals surface area contributed by atoms with E-state index >= 15 is 0 Å². The summed E-state index contributed by atoms with van der Waals surface area (Å²) in [6.45, 7) is 0. The molecular weight excluding hydrogens is 268 g/mol. The molecule has 5 heteroatoms. The SMILES string of the molecule is O=C1CCCc2nc(Cc3cc(F)cc(F)c3)sc21. The number of hydrogen-bond acceptors (Lipinski definition) is 3. The number of Topliss-reactive ketones (excluding diaryl/α,β-unsaturated/α-hetero) is 1. The third-order valence-corrected chi connectivity index (χ3v) is 4.23. The highest BCUT2D eigenvalue weighted by atomic mass is 32.1. The molecule has 0 N–H and O–H groups in total. The van der Waals surface area contributed by atoms with Gasteiger partial charge in [0.1, 0.15) is 11.6 Å². The molecule has 1 aliphatic carbocycles. The van der Waals surface area contributed by atoms with Gasteiger partial charge in [-0.15, -0.1) is 11.3 Å². The molecule has 1 aromatic heterocycles. The molecule has 0 aliphatic heterocycles. The number of rotatable bonds is 2. The van der Waals surface area contributed by atoms with E-state index in [9.17, 15) is 13.6 Å². The standard InChI is InChI=1S/C14H11F2NOS/c15-9-4-8(5-10(16)7-9)6-13-17-11-2-1-3-12(18)14(11)19-13/h4-5,7H,1-3,6H2. The number of thiazole rings is 1. The fourth-order valence-electron chi connectivity index (χ4n) is 2.28. The maximum Gasteiger partial charge on any atom is 0.174 e. The van der Waals surface area contributed by atoms with Gasteiger partial charge in [0.15, 0.2) is 5.78 Å². The zero-order valence-electron chi connectivity index (χ0n) is 10.1. The zero-order valence-corrected chi connectivity index (χ0v) is 10.9. The van der Waals surface area contributed by atoms with Crippen molar-refractivity contribution in [2.45, 2.75) is 25.7 Å². The Kier molecular flexibility index (Phi) is 3.14. The van der Waals surface area contributed by atoms with E-state index in [-0.39, 0.29) is 5.78 Å². The number of carbonyl (C=O) groups is 1. The molecule has 98 valence electrons. The largest absolute Gasteiger partial charge is 0.293 e. The van der Waals surface area contributed by atoms with Crippen LogP contribution in [0.3, 0.4) is 0 Å². The van der Waals surface area contributed by atoms with Crippen molar-refractivity contribution in [3.8, 4) is 0 Å². The van der Waals surface area contributed by atoms with Crippen LogP contribution in [-0.4, -0.2) is 10.8 Å². The van der Waals surface area contributed by atoms with E-state index in [4.69, 9.17) is 0 Å². The molecule has 0 radical (unpaired) electrons. The van der Waals surface area contributed by atoms with Crippen LogP contribution in [0.1, 0.15) is 38.8 Å². The monoisotopic (exact) mass is 279 g/mol. The normalized spacial score (nSPS) is 14.5. The summed E-state index contributed by atoms with van der Waals surface area (Å²) in [6, 6.07) is 3.44. The van der Waals surface area contributed by atoms with Crippen molar-refractivity contribution in [2.24, 2.45) is 0 Å². The summed E-state index contributed by atoms with van der Waals surface area (Å²) >= 11 is 1.34. The maximum absolute atomic E-state index is 13.1. The Labute approximate surface area is 113 Å². The predicted molar refractivity (Wildman–Crippen MR) is 68.5 cm³/mol. The molecule has 0 bridgehead atoms. The van der Waals surface area contributed by atoms with Crippen LogP contribution in [-0.2, 0) is 12.8 Å². The molecule has 0 saturated heterocycles. The molecule has 19 heavy (non-hydrogen) atoms. The second kappa shape index (κ2) is 4.81. The van der Waals surface area contributed by atoms with Crippen LogP contribution in [0, 0.1) is 11.6 Å². The number of hydrogen-bond donors (Lipinski definition) is 0. The minimum Gasteiger partial charge on any atom is -0.293 e. The van der Waals surface area contributed by atoms with E-state index < -0.39 is 11.6 Å². The summed E-state index contributed by atoms with van der Waals surface area (Å²) in [7, 11) is 0. The van der Waals surface area contributed by atoms with E-state index in [1.54, 1.807) is 0 Å². The van der Waals surface area contributed by atoms with Gasteiger partial charge in [-0.2, -0.15) is 0 Å². The number of ketones is 1. The fraction of sp³-hybridized carbons (Fsp3) is 0.286. The number of fused-ring (bicyclic) bond motifs is 1. The highest BCUT2D eigenvalue weighted by molar-refractivity contribution is 7.13. The number of carbonyl (C=O) groups excluding carboxylic acids is 1. The summed E-state index contributed by atoms with van der Waals surface area (Å²) in [6.07, 6.45) is 2.58. The minimum absolute atomic E-state index is 0.135. The van der Waals surface area contributed by atoms with Crippen molar-refractivity contribution in [3.05, 3.63) is 51.0 Å². The molecular formula is C14H11F2NOS. The number of benzene rings is 1. The van der Waals surface area contributed by atoms with Crippen molar-refractivity contribution in [1.82, 2.24) is 4.98 Å². The van der Waals surface area contributed by atoms with E-state index in [0.29, 0.717) is 18.4 Å². The molecule has 3 rings (SSSR count). The van der Waals surface area contributed by atoms with Crippen molar-refractivity contribution in [2.75, 3.05) is 0 Å². The van der Waals surface area contributed by atoms with Gasteiger partial charge < -0.3 is 0 Å². The Morgan fingerprint density at radius 3 is 2.58 bits per heavy atom. The third kappa shape index (κ3) is 2.56. The first-order valence-corrected chi connectivity index (χ1v) is 6.90. The molecule has 0 spiro atoms. The minimum atomic E-state index is -0.590. The smallest absolute Gasteiger partial charge is 0.174 e. The van der Waals surface area contributed by atoms with Gasteiger partial charge >= 0.3 is 0 Å². The summed E-state index contributed by atoms with van der Waals surface area (Å²) in [4.78, 5) is 16.8. The maximum atomic E-state index is 13.1. The molecule has 0 saturated carbocycles. The third-order valence-electron chi connectivity index (χ3n) is 3.09. The Morgan fingerprint density at radius 2 is 1.89 bits per heavy atom. The molecule has 2 nitrogen and oxygen atoms in total.